The first-order chi connectivity index (χ1) is 21.7. The molecule has 2 saturated carbocycles. The SMILES string of the molecule is COC1(C)CC1.Cc1ccc2c(c1)C(C(NC=O)c1cncn1C)=Cc1cccnc1C2(S)C1CCN(C(=O)OC2CC2)CC1. The summed E-state index contributed by atoms with van der Waals surface area (Å²) in [6.45, 7) is 5.44. The van der Waals surface area contributed by atoms with Gasteiger partial charge in [0.25, 0.3) is 0 Å². The minimum absolute atomic E-state index is 0.0938. The Bertz CT molecular complexity index is 1590. The Morgan fingerprint density at radius 2 is 1.93 bits per heavy atom. The van der Waals surface area contributed by atoms with Gasteiger partial charge in [0.15, 0.2) is 0 Å². The number of benzene rings is 1. The van der Waals surface area contributed by atoms with E-state index in [0.29, 0.717) is 18.7 Å². The van der Waals surface area contributed by atoms with Crippen molar-refractivity contribution in [3.05, 3.63) is 82.7 Å². The monoisotopic (exact) mass is 629 g/mol. The molecule has 1 saturated heterocycles. The summed E-state index contributed by atoms with van der Waals surface area (Å²) < 4.78 is 11.8. The molecule has 0 radical (unpaired) electrons. The molecule has 9 nitrogen and oxygen atoms in total. The molecular formula is C35H43N5O4S. The van der Waals surface area contributed by atoms with Crippen molar-refractivity contribution >= 4 is 36.8 Å². The van der Waals surface area contributed by atoms with Crippen molar-refractivity contribution in [2.75, 3.05) is 20.2 Å². The minimum Gasteiger partial charge on any atom is -0.446 e. The van der Waals surface area contributed by atoms with Gasteiger partial charge in [-0.2, -0.15) is 12.6 Å². The van der Waals surface area contributed by atoms with Crippen molar-refractivity contribution in [2.24, 2.45) is 13.0 Å². The number of rotatable bonds is 7. The van der Waals surface area contributed by atoms with Crippen LogP contribution in [0, 0.1) is 12.8 Å². The number of nitrogens with zero attached hydrogens (tertiary/aromatic N) is 4. The highest BCUT2D eigenvalue weighted by molar-refractivity contribution is 7.81. The van der Waals surface area contributed by atoms with Gasteiger partial charge in [0.1, 0.15) is 6.10 Å². The molecule has 3 aliphatic carbocycles. The second-order valence-corrected chi connectivity index (χ2v) is 13.7. The van der Waals surface area contributed by atoms with Crippen molar-refractivity contribution < 1.29 is 19.1 Å². The van der Waals surface area contributed by atoms with Crippen LogP contribution in [-0.4, -0.2) is 63.8 Å². The number of carbonyl (C=O) groups is 2. The molecule has 2 amide bonds. The van der Waals surface area contributed by atoms with Crippen molar-refractivity contribution in [1.29, 1.82) is 0 Å². The van der Waals surface area contributed by atoms with Gasteiger partial charge in [-0.1, -0.05) is 29.8 Å². The van der Waals surface area contributed by atoms with Crippen LogP contribution in [-0.2, 0) is 26.1 Å². The largest absolute Gasteiger partial charge is 0.446 e. The number of likely N-dealkylation sites (tertiary alicyclic amines) is 1. The van der Waals surface area contributed by atoms with Crippen LogP contribution in [0.2, 0.25) is 0 Å². The zero-order valence-corrected chi connectivity index (χ0v) is 27.4. The molecule has 238 valence electrons. The Morgan fingerprint density at radius 3 is 2.53 bits per heavy atom. The number of ether oxygens (including phenoxy) is 2. The van der Waals surface area contributed by atoms with Crippen LogP contribution in [0.15, 0.2) is 49.1 Å². The molecule has 2 atom stereocenters. The Kier molecular flexibility index (Phi) is 8.81. The van der Waals surface area contributed by atoms with E-state index in [9.17, 15) is 9.59 Å². The number of piperidine rings is 1. The number of imidazole rings is 1. The van der Waals surface area contributed by atoms with Crippen molar-refractivity contribution in [1.82, 2.24) is 24.8 Å². The second-order valence-electron chi connectivity index (χ2n) is 13.0. The standard InChI is InChI=1S/C30H33N5O3S.C5H10O/c1-19-5-8-25-23(14-19)24(27(33-18-36)26-16-31-17-34(26)2)15-20-4-3-11-32-28(20)30(25,39)21-9-12-35(13-10-21)29(37)38-22-6-7-22;1-5(6-2)3-4-5/h3-5,8,11,14-18,21-22,27,39H,6-7,9-10,12-13H2,1-2H3,(H,33,36);3-4H2,1-2H3. The van der Waals surface area contributed by atoms with Crippen LogP contribution >= 0.6 is 12.6 Å². The number of aromatic nitrogens is 3. The quantitative estimate of drug-likeness (QED) is 0.252. The molecule has 45 heavy (non-hydrogen) atoms. The summed E-state index contributed by atoms with van der Waals surface area (Å²) in [7, 11) is 3.70. The average Bonchev–Trinajstić information content (AvgIpc) is 3.98. The number of pyridine rings is 1. The third-order valence-corrected chi connectivity index (χ3v) is 10.5. The van der Waals surface area contributed by atoms with E-state index >= 15 is 0 Å². The molecule has 1 aliphatic heterocycles. The maximum atomic E-state index is 12.6. The van der Waals surface area contributed by atoms with E-state index in [1.54, 1.807) is 19.6 Å². The van der Waals surface area contributed by atoms with Gasteiger partial charge in [0, 0.05) is 33.4 Å². The topological polar surface area (TPSA) is 98.6 Å². The molecule has 1 aromatic carbocycles. The fraction of sp³-hybridized carbons (Fsp3) is 0.486. The van der Waals surface area contributed by atoms with Crippen LogP contribution < -0.4 is 5.32 Å². The minimum atomic E-state index is -0.706. The van der Waals surface area contributed by atoms with Crippen LogP contribution in [0.5, 0.6) is 0 Å². The van der Waals surface area contributed by atoms with Gasteiger partial charge >= 0.3 is 6.09 Å². The fourth-order valence-electron chi connectivity index (χ4n) is 6.42. The van der Waals surface area contributed by atoms with Crippen LogP contribution in [0.25, 0.3) is 11.6 Å². The predicted molar refractivity (Wildman–Crippen MR) is 177 cm³/mol. The number of carbonyl (C=O) groups excluding carboxylic acids is 2. The smallest absolute Gasteiger partial charge is 0.410 e. The predicted octanol–water partition coefficient (Wildman–Crippen LogP) is 5.83. The lowest BCUT2D eigenvalue weighted by atomic mass is 9.74. The summed E-state index contributed by atoms with van der Waals surface area (Å²) in [4.78, 5) is 35.6. The molecular weight excluding hydrogens is 586 g/mol. The third kappa shape index (κ3) is 6.40. The molecule has 10 heteroatoms. The maximum Gasteiger partial charge on any atom is 0.410 e. The van der Waals surface area contributed by atoms with Crippen molar-refractivity contribution in [2.45, 2.75) is 74.9 Å². The zero-order valence-electron chi connectivity index (χ0n) is 26.5. The van der Waals surface area contributed by atoms with Gasteiger partial charge in [0.05, 0.1) is 40.3 Å². The Morgan fingerprint density at radius 1 is 1.18 bits per heavy atom. The van der Waals surface area contributed by atoms with Gasteiger partial charge < -0.3 is 24.3 Å². The lowest BCUT2D eigenvalue weighted by Crippen LogP contribution is -2.44. The highest BCUT2D eigenvalue weighted by Crippen LogP contribution is 2.53. The number of nitrogens with one attached hydrogen (secondary N) is 1. The summed E-state index contributed by atoms with van der Waals surface area (Å²) in [5.41, 5.74) is 7.18. The number of aryl methyl sites for hydroxylation is 2. The molecule has 3 aromatic rings. The number of amides is 2. The van der Waals surface area contributed by atoms with E-state index in [1.807, 2.05) is 28.8 Å². The highest BCUT2D eigenvalue weighted by atomic mass is 32.1. The Balaban J connectivity index is 0.000000535. The molecule has 1 N–H and O–H groups in total. The molecule has 0 bridgehead atoms. The number of hydrogen-bond donors (Lipinski definition) is 2. The van der Waals surface area contributed by atoms with Gasteiger partial charge in [-0.05, 0) is 92.7 Å². The van der Waals surface area contributed by atoms with Gasteiger partial charge in [-0.15, -0.1) is 0 Å². The number of methoxy groups -OCH3 is 1. The van der Waals surface area contributed by atoms with E-state index in [0.717, 1.165) is 71.3 Å². The summed E-state index contributed by atoms with van der Waals surface area (Å²) in [6, 6.07) is 10.0. The van der Waals surface area contributed by atoms with Crippen LogP contribution in [0.1, 0.15) is 85.1 Å². The van der Waals surface area contributed by atoms with Gasteiger partial charge in [-0.3, -0.25) is 9.78 Å². The number of thiol groups is 1. The molecule has 4 aliphatic rings. The lowest BCUT2D eigenvalue weighted by molar-refractivity contribution is -0.109. The number of fused-ring (bicyclic) bond motifs is 2. The fourth-order valence-corrected chi connectivity index (χ4v) is 7.06. The number of hydrogen-bond acceptors (Lipinski definition) is 7. The van der Waals surface area contributed by atoms with E-state index in [2.05, 4.69) is 54.5 Å². The first-order valence-electron chi connectivity index (χ1n) is 15.8. The average molecular weight is 630 g/mol. The zero-order chi connectivity index (χ0) is 31.8. The Labute approximate surface area is 270 Å². The van der Waals surface area contributed by atoms with Crippen LogP contribution in [0.4, 0.5) is 4.79 Å². The summed E-state index contributed by atoms with van der Waals surface area (Å²) in [5.74, 6) is 0.128. The molecule has 2 aromatic heterocycles. The van der Waals surface area contributed by atoms with E-state index in [4.69, 9.17) is 27.1 Å². The third-order valence-electron chi connectivity index (χ3n) is 9.69. The van der Waals surface area contributed by atoms with E-state index < -0.39 is 10.8 Å². The normalized spacial score (nSPS) is 22.4. The first kappa shape index (κ1) is 31.4. The summed E-state index contributed by atoms with van der Waals surface area (Å²) >= 11 is 5.52. The molecule has 0 spiro atoms. The Hall–Kier alpha value is -3.63. The second kappa shape index (κ2) is 12.6. The lowest BCUT2D eigenvalue weighted by Gasteiger charge is -2.42. The first-order valence-corrected chi connectivity index (χ1v) is 16.3. The molecule has 2 unspecified atom stereocenters. The van der Waals surface area contributed by atoms with Gasteiger partial charge in [0.2, 0.25) is 6.41 Å². The molecule has 3 fully saturated rings. The molecule has 7 rings (SSSR count). The van der Waals surface area contributed by atoms with Crippen molar-refractivity contribution in [3.8, 4) is 0 Å². The van der Waals surface area contributed by atoms with E-state index in [-0.39, 0.29) is 18.1 Å². The summed E-state index contributed by atoms with van der Waals surface area (Å²) in [6.07, 6.45) is 14.1. The van der Waals surface area contributed by atoms with Gasteiger partial charge in [-0.25, -0.2) is 9.78 Å². The van der Waals surface area contributed by atoms with Crippen LogP contribution in [0.3, 0.4) is 0 Å². The highest BCUT2D eigenvalue weighted by Gasteiger charge is 2.46. The summed E-state index contributed by atoms with van der Waals surface area (Å²) in [5, 5.41) is 3.05. The molecule has 3 heterocycles. The maximum absolute atomic E-state index is 12.6. The van der Waals surface area contributed by atoms with Crippen molar-refractivity contribution in [3.63, 3.8) is 0 Å². The van der Waals surface area contributed by atoms with E-state index in [1.165, 1.54) is 12.8 Å².